The van der Waals surface area contributed by atoms with Crippen molar-refractivity contribution < 1.29 is 9.59 Å². The number of aryl methyl sites for hydroxylation is 1. The molecule has 0 N–H and O–H groups in total. The molecule has 19 heavy (non-hydrogen) atoms. The molecule has 0 saturated heterocycles. The number of amides is 2. The van der Waals surface area contributed by atoms with E-state index in [1.807, 2.05) is 22.6 Å². The molecule has 1 aliphatic heterocycles. The number of rotatable bonds is 2. The van der Waals surface area contributed by atoms with Gasteiger partial charge in [-0.25, -0.2) is 0 Å². The predicted octanol–water partition coefficient (Wildman–Crippen LogP) is 0.611. The van der Waals surface area contributed by atoms with Gasteiger partial charge in [-0.2, -0.15) is 4.80 Å². The van der Waals surface area contributed by atoms with Gasteiger partial charge in [0.1, 0.15) is 0 Å². The zero-order valence-corrected chi connectivity index (χ0v) is 12.0. The monoisotopic (exact) mass is 369 g/mol. The summed E-state index contributed by atoms with van der Waals surface area (Å²) in [6.45, 7) is 0.0380. The van der Waals surface area contributed by atoms with Crippen LogP contribution in [0.2, 0.25) is 0 Å². The van der Waals surface area contributed by atoms with Gasteiger partial charge in [0.2, 0.25) is 0 Å². The molecule has 0 spiro atoms. The predicted molar refractivity (Wildman–Crippen MR) is 72.2 cm³/mol. The Labute approximate surface area is 121 Å². The molecule has 1 aromatic heterocycles. The fourth-order valence-electron chi connectivity index (χ4n) is 1.96. The maximum atomic E-state index is 12.3. The Morgan fingerprint density at radius 2 is 2.05 bits per heavy atom. The van der Waals surface area contributed by atoms with Gasteiger partial charge in [-0.3, -0.25) is 14.5 Å². The van der Waals surface area contributed by atoms with Crippen LogP contribution in [-0.2, 0) is 13.6 Å². The van der Waals surface area contributed by atoms with Crippen LogP contribution in [0.25, 0.3) is 0 Å². The number of benzene rings is 1. The van der Waals surface area contributed by atoms with E-state index >= 15 is 0 Å². The zero-order valence-electron chi connectivity index (χ0n) is 9.87. The molecule has 7 nitrogen and oxygen atoms in total. The Kier molecular flexibility index (Phi) is 2.81. The number of aromatic nitrogens is 4. The first kappa shape index (κ1) is 12.2. The summed E-state index contributed by atoms with van der Waals surface area (Å²) in [5, 5.41) is 11.4. The Morgan fingerprint density at radius 1 is 1.26 bits per heavy atom. The fraction of sp³-hybridized carbons (Fsp3) is 0.182. The average molecular weight is 369 g/mol. The molecular formula is C11H8IN5O2. The SMILES string of the molecule is Cn1nnc(CN2C(=O)c3cccc(I)c3C2=O)n1. The minimum Gasteiger partial charge on any atom is -0.269 e. The number of hydrogen-bond acceptors (Lipinski definition) is 5. The highest BCUT2D eigenvalue weighted by atomic mass is 127. The van der Waals surface area contributed by atoms with Gasteiger partial charge in [-0.15, -0.1) is 10.2 Å². The first-order valence-electron chi connectivity index (χ1n) is 5.45. The van der Waals surface area contributed by atoms with Crippen LogP contribution in [0.5, 0.6) is 0 Å². The van der Waals surface area contributed by atoms with Gasteiger partial charge in [-0.05, 0) is 39.9 Å². The standard InChI is InChI=1S/C11H8IN5O2/c1-16-14-8(13-15-16)5-17-10(18)6-3-2-4-7(12)9(6)11(17)19/h2-4H,5H2,1H3. The van der Waals surface area contributed by atoms with E-state index in [2.05, 4.69) is 15.4 Å². The minimum atomic E-state index is -0.314. The van der Waals surface area contributed by atoms with Gasteiger partial charge in [-0.1, -0.05) is 6.07 Å². The number of nitrogens with zero attached hydrogens (tertiary/aromatic N) is 5. The molecule has 0 unspecified atom stereocenters. The lowest BCUT2D eigenvalue weighted by atomic mass is 10.1. The van der Waals surface area contributed by atoms with Crippen LogP contribution in [0, 0.1) is 3.57 Å². The van der Waals surface area contributed by atoms with Crippen molar-refractivity contribution in [2.45, 2.75) is 6.54 Å². The van der Waals surface area contributed by atoms with Crippen LogP contribution >= 0.6 is 22.6 Å². The molecular weight excluding hydrogens is 361 g/mol. The van der Waals surface area contributed by atoms with Gasteiger partial charge in [0.15, 0.2) is 5.82 Å². The molecule has 0 fully saturated rings. The van der Waals surface area contributed by atoms with Gasteiger partial charge in [0, 0.05) is 3.57 Å². The lowest BCUT2D eigenvalue weighted by molar-refractivity contribution is 0.0638. The van der Waals surface area contributed by atoms with Crippen LogP contribution in [0.3, 0.4) is 0 Å². The summed E-state index contributed by atoms with van der Waals surface area (Å²) in [5.74, 6) is -0.282. The van der Waals surface area contributed by atoms with Crippen molar-refractivity contribution in [3.63, 3.8) is 0 Å². The van der Waals surface area contributed by atoms with Crippen LogP contribution in [-0.4, -0.2) is 36.9 Å². The van der Waals surface area contributed by atoms with E-state index in [-0.39, 0.29) is 18.4 Å². The molecule has 3 rings (SSSR count). The number of carbonyl (C=O) groups excluding carboxylic acids is 2. The zero-order chi connectivity index (χ0) is 13.6. The molecule has 0 radical (unpaired) electrons. The highest BCUT2D eigenvalue weighted by Crippen LogP contribution is 2.27. The molecule has 96 valence electrons. The van der Waals surface area contributed by atoms with Crippen LogP contribution < -0.4 is 0 Å². The summed E-state index contributed by atoms with van der Waals surface area (Å²) in [4.78, 5) is 26.9. The normalized spacial score (nSPS) is 14.1. The number of hydrogen-bond donors (Lipinski definition) is 0. The summed E-state index contributed by atoms with van der Waals surface area (Å²) < 4.78 is 0.767. The van der Waals surface area contributed by atoms with Crippen molar-refractivity contribution in [3.8, 4) is 0 Å². The van der Waals surface area contributed by atoms with E-state index in [4.69, 9.17) is 0 Å². The second kappa shape index (κ2) is 4.37. The second-order valence-corrected chi connectivity index (χ2v) is 5.22. The number of fused-ring (bicyclic) bond motifs is 1. The number of imide groups is 1. The Morgan fingerprint density at radius 3 is 2.68 bits per heavy atom. The van der Waals surface area contributed by atoms with E-state index in [1.165, 1.54) is 4.80 Å². The lowest BCUT2D eigenvalue weighted by Gasteiger charge is -2.10. The third-order valence-electron chi connectivity index (χ3n) is 2.80. The summed E-state index contributed by atoms with van der Waals surface area (Å²) in [7, 11) is 1.63. The summed E-state index contributed by atoms with van der Waals surface area (Å²) in [5.41, 5.74) is 0.887. The molecule has 0 bridgehead atoms. The molecule has 0 aliphatic carbocycles. The molecule has 8 heteroatoms. The highest BCUT2D eigenvalue weighted by molar-refractivity contribution is 14.1. The maximum absolute atomic E-state index is 12.3. The molecule has 1 aliphatic rings. The van der Waals surface area contributed by atoms with E-state index in [9.17, 15) is 9.59 Å². The van der Waals surface area contributed by atoms with E-state index in [0.717, 1.165) is 8.47 Å². The fourth-order valence-corrected chi connectivity index (χ4v) is 2.69. The van der Waals surface area contributed by atoms with Crippen LogP contribution in [0.4, 0.5) is 0 Å². The van der Waals surface area contributed by atoms with Gasteiger partial charge >= 0.3 is 0 Å². The lowest BCUT2D eigenvalue weighted by Crippen LogP contribution is -2.29. The van der Waals surface area contributed by atoms with Crippen molar-refractivity contribution >= 4 is 34.4 Å². The average Bonchev–Trinajstić information content (AvgIpc) is 2.88. The number of halogens is 1. The summed E-state index contributed by atoms with van der Waals surface area (Å²) in [6, 6.07) is 5.21. The maximum Gasteiger partial charge on any atom is 0.263 e. The summed E-state index contributed by atoms with van der Waals surface area (Å²) >= 11 is 2.05. The molecule has 1 aromatic carbocycles. The third-order valence-corrected chi connectivity index (χ3v) is 3.70. The Bertz CT molecular complexity index is 696. The molecule has 2 amide bonds. The van der Waals surface area contributed by atoms with E-state index in [0.29, 0.717) is 17.0 Å². The molecule has 2 heterocycles. The Balaban J connectivity index is 1.97. The minimum absolute atomic E-state index is 0.0380. The molecule has 0 saturated carbocycles. The van der Waals surface area contributed by atoms with Gasteiger partial charge in [0.25, 0.3) is 11.8 Å². The smallest absolute Gasteiger partial charge is 0.263 e. The van der Waals surface area contributed by atoms with Crippen molar-refractivity contribution in [1.82, 2.24) is 25.1 Å². The van der Waals surface area contributed by atoms with Gasteiger partial charge in [0.05, 0.1) is 24.7 Å². The largest absolute Gasteiger partial charge is 0.269 e. The molecule has 2 aromatic rings. The third kappa shape index (κ3) is 1.91. The van der Waals surface area contributed by atoms with Crippen molar-refractivity contribution in [3.05, 3.63) is 38.7 Å². The Hall–Kier alpha value is -1.84. The van der Waals surface area contributed by atoms with Crippen molar-refractivity contribution in [2.24, 2.45) is 7.05 Å². The highest BCUT2D eigenvalue weighted by Gasteiger charge is 2.37. The first-order valence-corrected chi connectivity index (χ1v) is 6.53. The van der Waals surface area contributed by atoms with Crippen LogP contribution in [0.15, 0.2) is 18.2 Å². The summed E-state index contributed by atoms with van der Waals surface area (Å²) in [6.07, 6.45) is 0. The van der Waals surface area contributed by atoms with Crippen molar-refractivity contribution in [2.75, 3.05) is 0 Å². The number of tetrazole rings is 1. The number of carbonyl (C=O) groups is 2. The van der Waals surface area contributed by atoms with Crippen molar-refractivity contribution in [1.29, 1.82) is 0 Å². The first-order chi connectivity index (χ1) is 9.08. The topological polar surface area (TPSA) is 81.0 Å². The van der Waals surface area contributed by atoms with E-state index < -0.39 is 0 Å². The second-order valence-electron chi connectivity index (χ2n) is 4.05. The molecule has 0 atom stereocenters. The quantitative estimate of drug-likeness (QED) is 0.573. The van der Waals surface area contributed by atoms with E-state index in [1.54, 1.807) is 25.2 Å². The van der Waals surface area contributed by atoms with Crippen LogP contribution in [0.1, 0.15) is 26.5 Å². The van der Waals surface area contributed by atoms with Gasteiger partial charge < -0.3 is 0 Å².